The first kappa shape index (κ1) is 20.5. The lowest BCUT2D eigenvalue weighted by molar-refractivity contribution is -0.143. The minimum Gasteiger partial charge on any atom is -0.466 e. The largest absolute Gasteiger partial charge is 0.466 e. The van der Waals surface area contributed by atoms with Crippen LogP contribution in [0.2, 0.25) is 0 Å². The molecule has 0 unspecified atom stereocenters. The Kier molecular flexibility index (Phi) is 12.8. The number of nitrogens with one attached hydrogen (secondary N) is 2. The second-order valence-electron chi connectivity index (χ2n) is 5.29. The molecule has 2 N–H and O–H groups in total. The highest BCUT2D eigenvalue weighted by Crippen LogP contribution is 2.27. The van der Waals surface area contributed by atoms with Crippen molar-refractivity contribution in [1.29, 1.82) is 0 Å². The molecule has 5 nitrogen and oxygen atoms in total. The molecular formula is C15H30IN3O2. The Balaban J connectivity index is 0.00000400. The van der Waals surface area contributed by atoms with E-state index in [-0.39, 0.29) is 29.9 Å². The number of hydrogen-bond acceptors (Lipinski definition) is 3. The summed E-state index contributed by atoms with van der Waals surface area (Å²) in [6.07, 6.45) is 7.49. The van der Waals surface area contributed by atoms with E-state index in [2.05, 4.69) is 15.6 Å². The Morgan fingerprint density at radius 3 is 2.52 bits per heavy atom. The predicted molar refractivity (Wildman–Crippen MR) is 97.2 cm³/mol. The molecule has 1 fully saturated rings. The van der Waals surface area contributed by atoms with Crippen LogP contribution in [0.1, 0.15) is 51.9 Å². The van der Waals surface area contributed by atoms with Gasteiger partial charge in [-0.15, -0.1) is 24.0 Å². The number of nitrogens with zero attached hydrogens (tertiary/aromatic N) is 1. The molecule has 0 bridgehead atoms. The molecule has 21 heavy (non-hydrogen) atoms. The highest BCUT2D eigenvalue weighted by molar-refractivity contribution is 14.0. The van der Waals surface area contributed by atoms with Crippen LogP contribution in [0.15, 0.2) is 4.99 Å². The summed E-state index contributed by atoms with van der Waals surface area (Å²) in [6.45, 7) is 4.30. The zero-order valence-corrected chi connectivity index (χ0v) is 15.7. The Morgan fingerprint density at radius 2 is 1.90 bits per heavy atom. The number of esters is 1. The van der Waals surface area contributed by atoms with E-state index >= 15 is 0 Å². The van der Waals surface area contributed by atoms with E-state index in [1.807, 2.05) is 14.0 Å². The van der Waals surface area contributed by atoms with Crippen LogP contribution in [0, 0.1) is 5.92 Å². The number of halogens is 1. The fourth-order valence-electron chi connectivity index (χ4n) is 1.97. The lowest BCUT2D eigenvalue weighted by Gasteiger charge is -2.11. The van der Waals surface area contributed by atoms with Crippen LogP contribution in [0.25, 0.3) is 0 Å². The monoisotopic (exact) mass is 411 g/mol. The van der Waals surface area contributed by atoms with Crippen molar-refractivity contribution in [3.05, 3.63) is 0 Å². The van der Waals surface area contributed by atoms with Crippen LogP contribution in [0.4, 0.5) is 0 Å². The van der Waals surface area contributed by atoms with Crippen molar-refractivity contribution in [2.75, 3.05) is 26.7 Å². The van der Waals surface area contributed by atoms with E-state index in [1.54, 1.807) is 0 Å². The predicted octanol–water partition coefficient (Wildman–Crippen LogP) is 2.69. The fourth-order valence-corrected chi connectivity index (χ4v) is 1.97. The minimum atomic E-state index is -0.0738. The molecule has 0 heterocycles. The van der Waals surface area contributed by atoms with E-state index in [0.717, 1.165) is 50.7 Å². The van der Waals surface area contributed by atoms with Gasteiger partial charge in [0.15, 0.2) is 5.96 Å². The number of aliphatic imine (C=N–C) groups is 1. The molecule has 0 aliphatic heterocycles. The second-order valence-corrected chi connectivity index (χ2v) is 5.29. The van der Waals surface area contributed by atoms with Crippen molar-refractivity contribution >= 4 is 35.9 Å². The minimum absolute atomic E-state index is 0. The molecule has 124 valence electrons. The van der Waals surface area contributed by atoms with Gasteiger partial charge in [0.1, 0.15) is 0 Å². The normalized spacial score (nSPS) is 14.3. The maximum atomic E-state index is 11.1. The van der Waals surface area contributed by atoms with Crippen LogP contribution in [0.5, 0.6) is 0 Å². The summed E-state index contributed by atoms with van der Waals surface area (Å²) in [4.78, 5) is 15.3. The van der Waals surface area contributed by atoms with E-state index in [9.17, 15) is 4.79 Å². The highest BCUT2D eigenvalue weighted by Gasteiger charge is 2.20. The van der Waals surface area contributed by atoms with Gasteiger partial charge in [-0.25, -0.2) is 0 Å². The molecule has 0 aromatic carbocycles. The summed E-state index contributed by atoms with van der Waals surface area (Å²) in [5.41, 5.74) is 0. The summed E-state index contributed by atoms with van der Waals surface area (Å²) < 4.78 is 4.89. The van der Waals surface area contributed by atoms with Crippen LogP contribution in [-0.4, -0.2) is 38.7 Å². The van der Waals surface area contributed by atoms with Crippen molar-refractivity contribution in [2.45, 2.75) is 51.9 Å². The molecule has 1 aliphatic carbocycles. The molecular weight excluding hydrogens is 381 g/mol. The van der Waals surface area contributed by atoms with Gasteiger partial charge in [-0.2, -0.15) is 0 Å². The molecule has 0 spiro atoms. The molecule has 0 radical (unpaired) electrons. The van der Waals surface area contributed by atoms with Crippen LogP contribution >= 0.6 is 24.0 Å². The Hall–Kier alpha value is -0.530. The number of carbonyl (C=O) groups is 1. The van der Waals surface area contributed by atoms with E-state index < -0.39 is 0 Å². The molecule has 0 saturated heterocycles. The number of guanidine groups is 1. The Bertz CT molecular complexity index is 307. The maximum absolute atomic E-state index is 11.1. The van der Waals surface area contributed by atoms with Crippen LogP contribution in [-0.2, 0) is 9.53 Å². The topological polar surface area (TPSA) is 62.7 Å². The number of carbonyl (C=O) groups excluding carboxylic acids is 1. The quantitative estimate of drug-likeness (QED) is 0.191. The molecule has 0 aromatic rings. The van der Waals surface area contributed by atoms with E-state index in [4.69, 9.17) is 4.74 Å². The van der Waals surface area contributed by atoms with E-state index in [0.29, 0.717) is 13.0 Å². The zero-order valence-electron chi connectivity index (χ0n) is 13.3. The second kappa shape index (κ2) is 13.2. The van der Waals surface area contributed by atoms with Gasteiger partial charge < -0.3 is 15.4 Å². The third kappa shape index (κ3) is 11.8. The number of ether oxygens (including phenoxy) is 1. The third-order valence-corrected chi connectivity index (χ3v) is 3.38. The lowest BCUT2D eigenvalue weighted by atomic mass is 10.1. The molecule has 1 saturated carbocycles. The maximum Gasteiger partial charge on any atom is 0.305 e. The van der Waals surface area contributed by atoms with Crippen molar-refractivity contribution in [3.8, 4) is 0 Å². The van der Waals surface area contributed by atoms with Crippen molar-refractivity contribution < 1.29 is 9.53 Å². The Labute approximate surface area is 145 Å². The van der Waals surface area contributed by atoms with Crippen LogP contribution in [0.3, 0.4) is 0 Å². The van der Waals surface area contributed by atoms with Crippen molar-refractivity contribution in [2.24, 2.45) is 10.9 Å². The number of unbranched alkanes of at least 4 members (excludes halogenated alkanes) is 3. The molecule has 1 rings (SSSR count). The molecule has 6 heteroatoms. The smallest absolute Gasteiger partial charge is 0.305 e. The summed E-state index contributed by atoms with van der Waals surface area (Å²) in [6, 6.07) is 0. The standard InChI is InChI=1S/C15H29N3O2.HI/c1-3-20-14(19)8-6-4-5-7-11-17-15(16-2)18-12-13-9-10-13;/h13H,3-12H2,1-2H3,(H2,16,17,18);1H. The molecule has 0 aromatic heterocycles. The summed E-state index contributed by atoms with van der Waals surface area (Å²) in [5.74, 6) is 1.69. The van der Waals surface area contributed by atoms with Gasteiger partial charge in [0.25, 0.3) is 0 Å². The average Bonchev–Trinajstić information content (AvgIpc) is 3.25. The van der Waals surface area contributed by atoms with Crippen molar-refractivity contribution in [1.82, 2.24) is 10.6 Å². The van der Waals surface area contributed by atoms with Gasteiger partial charge in [-0.1, -0.05) is 12.8 Å². The van der Waals surface area contributed by atoms with Crippen LogP contribution < -0.4 is 10.6 Å². The fraction of sp³-hybridized carbons (Fsp3) is 0.867. The lowest BCUT2D eigenvalue weighted by Crippen LogP contribution is -2.38. The number of hydrogen-bond donors (Lipinski definition) is 2. The molecule has 1 aliphatic rings. The van der Waals surface area contributed by atoms with Gasteiger partial charge in [0.2, 0.25) is 0 Å². The summed E-state index contributed by atoms with van der Waals surface area (Å²) in [5, 5.41) is 6.66. The first-order chi connectivity index (χ1) is 9.76. The van der Waals surface area contributed by atoms with Gasteiger partial charge >= 0.3 is 5.97 Å². The van der Waals surface area contributed by atoms with Gasteiger partial charge in [-0.05, 0) is 38.5 Å². The third-order valence-electron chi connectivity index (χ3n) is 3.38. The first-order valence-corrected chi connectivity index (χ1v) is 7.86. The van der Waals surface area contributed by atoms with Gasteiger partial charge in [-0.3, -0.25) is 9.79 Å². The van der Waals surface area contributed by atoms with Crippen molar-refractivity contribution in [3.63, 3.8) is 0 Å². The number of rotatable bonds is 10. The summed E-state index contributed by atoms with van der Waals surface area (Å²) >= 11 is 0. The first-order valence-electron chi connectivity index (χ1n) is 7.86. The van der Waals surface area contributed by atoms with Gasteiger partial charge in [0.05, 0.1) is 6.61 Å². The Morgan fingerprint density at radius 1 is 1.19 bits per heavy atom. The molecule has 0 amide bonds. The molecule has 0 atom stereocenters. The highest BCUT2D eigenvalue weighted by atomic mass is 127. The SMILES string of the molecule is CCOC(=O)CCCCCCNC(=NC)NCC1CC1.I. The van der Waals surface area contributed by atoms with Gasteiger partial charge in [0, 0.05) is 26.6 Å². The van der Waals surface area contributed by atoms with E-state index in [1.165, 1.54) is 12.8 Å². The average molecular weight is 411 g/mol. The summed E-state index contributed by atoms with van der Waals surface area (Å²) in [7, 11) is 1.81. The zero-order chi connectivity index (χ0) is 14.6.